The smallest absolute Gasteiger partial charge is 0.227 e. The Kier molecular flexibility index (Phi) is 8.05. The van der Waals surface area contributed by atoms with E-state index in [2.05, 4.69) is 10.6 Å². The third-order valence-corrected chi connectivity index (χ3v) is 7.07. The predicted octanol–water partition coefficient (Wildman–Crippen LogP) is 7.99. The summed E-state index contributed by atoms with van der Waals surface area (Å²) in [5, 5.41) is 7.44. The van der Waals surface area contributed by atoms with Gasteiger partial charge in [0.05, 0.1) is 41.5 Å². The van der Waals surface area contributed by atoms with Gasteiger partial charge in [-0.05, 0) is 49.9 Å². The van der Waals surface area contributed by atoms with E-state index in [-0.39, 0.29) is 23.7 Å². The lowest BCUT2D eigenvalue weighted by Crippen LogP contribution is -2.32. The molecule has 0 unspecified atom stereocenters. The van der Waals surface area contributed by atoms with Gasteiger partial charge in [0.2, 0.25) is 11.8 Å². The molecular formula is C20H16Cl6N2O2. The maximum Gasteiger partial charge on any atom is 0.227 e. The topological polar surface area (TPSA) is 58.2 Å². The number of hydrogen-bond donors (Lipinski definition) is 2. The fourth-order valence-corrected chi connectivity index (χ4v) is 4.51. The Labute approximate surface area is 204 Å². The third kappa shape index (κ3) is 5.67. The zero-order chi connectivity index (χ0) is 22.0. The van der Waals surface area contributed by atoms with Crippen molar-refractivity contribution in [2.45, 2.75) is 25.7 Å². The molecule has 0 atom stereocenters. The van der Waals surface area contributed by atoms with E-state index in [1.165, 1.54) is 24.3 Å². The first-order chi connectivity index (χ1) is 14.2. The fourth-order valence-electron chi connectivity index (χ4n) is 3.32. The van der Waals surface area contributed by atoms with E-state index in [1.54, 1.807) is 0 Å². The van der Waals surface area contributed by atoms with E-state index in [0.717, 1.165) is 0 Å². The summed E-state index contributed by atoms with van der Waals surface area (Å²) in [4.78, 5) is 25.2. The number of amides is 2. The molecule has 0 spiro atoms. The van der Waals surface area contributed by atoms with Crippen molar-refractivity contribution in [1.82, 2.24) is 0 Å². The predicted molar refractivity (Wildman–Crippen MR) is 126 cm³/mol. The summed E-state index contributed by atoms with van der Waals surface area (Å²) >= 11 is 36.1. The molecule has 30 heavy (non-hydrogen) atoms. The highest BCUT2D eigenvalue weighted by Crippen LogP contribution is 2.36. The van der Waals surface area contributed by atoms with Crippen molar-refractivity contribution in [2.75, 3.05) is 10.6 Å². The molecule has 0 heterocycles. The molecule has 0 radical (unpaired) electrons. The Morgan fingerprint density at radius 1 is 0.567 bits per heavy atom. The van der Waals surface area contributed by atoms with Crippen molar-refractivity contribution < 1.29 is 9.59 Å². The van der Waals surface area contributed by atoms with Crippen LogP contribution in [0.3, 0.4) is 0 Å². The molecule has 1 aliphatic rings. The minimum atomic E-state index is -0.229. The number of carbonyl (C=O) groups excluding carboxylic acids is 2. The van der Waals surface area contributed by atoms with Crippen molar-refractivity contribution in [3.05, 3.63) is 54.4 Å². The number of hydrogen-bond acceptors (Lipinski definition) is 2. The molecule has 1 saturated carbocycles. The SMILES string of the molecule is O=C(Nc1cc(Cl)c(Cl)cc1Cl)C1CCC(C(=O)Nc2cc(Cl)c(Cl)cc2Cl)CC1. The first kappa shape index (κ1) is 23.8. The second kappa shape index (κ2) is 10.2. The van der Waals surface area contributed by atoms with Crippen LogP contribution >= 0.6 is 69.6 Å². The second-order valence-corrected chi connectivity index (χ2v) is 9.46. The van der Waals surface area contributed by atoms with Crippen molar-refractivity contribution in [3.8, 4) is 0 Å². The van der Waals surface area contributed by atoms with Crippen LogP contribution in [-0.2, 0) is 9.59 Å². The van der Waals surface area contributed by atoms with Gasteiger partial charge in [-0.3, -0.25) is 9.59 Å². The lowest BCUT2D eigenvalue weighted by molar-refractivity contribution is -0.125. The second-order valence-electron chi connectivity index (χ2n) is 7.02. The molecule has 10 heteroatoms. The highest BCUT2D eigenvalue weighted by molar-refractivity contribution is 6.44. The van der Waals surface area contributed by atoms with Gasteiger partial charge in [0, 0.05) is 11.8 Å². The van der Waals surface area contributed by atoms with Gasteiger partial charge in [-0.1, -0.05) is 69.6 Å². The van der Waals surface area contributed by atoms with E-state index >= 15 is 0 Å². The molecule has 160 valence electrons. The zero-order valence-electron chi connectivity index (χ0n) is 15.4. The number of rotatable bonds is 4. The minimum absolute atomic E-state index is 0.165. The van der Waals surface area contributed by atoms with Crippen molar-refractivity contribution in [2.24, 2.45) is 11.8 Å². The summed E-state index contributed by atoms with van der Waals surface area (Å²) in [6.07, 6.45) is 2.27. The van der Waals surface area contributed by atoms with Crippen LogP contribution in [0.4, 0.5) is 11.4 Å². The van der Waals surface area contributed by atoms with E-state index < -0.39 is 0 Å². The molecule has 0 aromatic heterocycles. The summed E-state index contributed by atoms with van der Waals surface area (Å²) in [7, 11) is 0. The Hall–Kier alpha value is -0.880. The molecule has 2 amide bonds. The summed E-state index contributed by atoms with van der Waals surface area (Å²) in [6.45, 7) is 0. The minimum Gasteiger partial charge on any atom is -0.324 e. The standard InChI is InChI=1S/C20H16Cl6N2O2/c21-11-5-15(25)17(7-13(11)23)27-19(29)9-1-2-10(4-3-9)20(30)28-18-8-14(24)12(22)6-16(18)26/h5-10H,1-4H2,(H,27,29)(H,28,30). The zero-order valence-corrected chi connectivity index (χ0v) is 19.9. The van der Waals surface area contributed by atoms with E-state index in [9.17, 15) is 9.59 Å². The van der Waals surface area contributed by atoms with Gasteiger partial charge in [-0.25, -0.2) is 0 Å². The Bertz CT molecular complexity index is 910. The van der Waals surface area contributed by atoms with Crippen molar-refractivity contribution in [3.63, 3.8) is 0 Å². The molecule has 0 aliphatic heterocycles. The first-order valence-corrected chi connectivity index (χ1v) is 11.3. The molecule has 4 nitrogen and oxygen atoms in total. The Morgan fingerprint density at radius 3 is 1.20 bits per heavy atom. The monoisotopic (exact) mass is 526 g/mol. The number of halogens is 6. The first-order valence-electron chi connectivity index (χ1n) is 9.06. The summed E-state index contributed by atoms with van der Waals surface area (Å²) in [6, 6.07) is 6.00. The summed E-state index contributed by atoms with van der Waals surface area (Å²) in [5.41, 5.74) is 0.815. The number of carbonyl (C=O) groups is 2. The summed E-state index contributed by atoms with van der Waals surface area (Å²) < 4.78 is 0. The van der Waals surface area contributed by atoms with E-state index in [0.29, 0.717) is 67.2 Å². The largest absolute Gasteiger partial charge is 0.324 e. The average molecular weight is 529 g/mol. The lowest BCUT2D eigenvalue weighted by Gasteiger charge is -2.27. The van der Waals surface area contributed by atoms with Crippen LogP contribution in [0.25, 0.3) is 0 Å². The Balaban J connectivity index is 1.56. The van der Waals surface area contributed by atoms with Crippen molar-refractivity contribution in [1.29, 1.82) is 0 Å². The molecule has 0 bridgehead atoms. The molecule has 1 aliphatic carbocycles. The van der Waals surface area contributed by atoms with Crippen LogP contribution in [0, 0.1) is 11.8 Å². The third-order valence-electron chi connectivity index (χ3n) is 5.00. The van der Waals surface area contributed by atoms with Gasteiger partial charge in [0.1, 0.15) is 0 Å². The molecule has 2 aromatic rings. The maximum atomic E-state index is 12.6. The number of nitrogens with one attached hydrogen (secondary N) is 2. The number of benzene rings is 2. The molecule has 2 N–H and O–H groups in total. The average Bonchev–Trinajstić information content (AvgIpc) is 2.70. The quantitative estimate of drug-likeness (QED) is 0.395. The van der Waals surface area contributed by atoms with Crippen LogP contribution < -0.4 is 10.6 Å². The van der Waals surface area contributed by atoms with Crippen LogP contribution in [0.1, 0.15) is 25.7 Å². The van der Waals surface area contributed by atoms with Gasteiger partial charge in [0.15, 0.2) is 0 Å². The van der Waals surface area contributed by atoms with Gasteiger partial charge >= 0.3 is 0 Å². The van der Waals surface area contributed by atoms with Gasteiger partial charge < -0.3 is 10.6 Å². The highest BCUT2D eigenvalue weighted by Gasteiger charge is 2.30. The van der Waals surface area contributed by atoms with Crippen LogP contribution in [0.15, 0.2) is 24.3 Å². The molecular weight excluding hydrogens is 513 g/mol. The van der Waals surface area contributed by atoms with Gasteiger partial charge in [0.25, 0.3) is 0 Å². The van der Waals surface area contributed by atoms with E-state index in [1.807, 2.05) is 0 Å². The number of anilines is 2. The van der Waals surface area contributed by atoms with Crippen LogP contribution in [0.2, 0.25) is 30.1 Å². The van der Waals surface area contributed by atoms with Crippen molar-refractivity contribution >= 4 is 92.8 Å². The van der Waals surface area contributed by atoms with Crippen LogP contribution in [-0.4, -0.2) is 11.8 Å². The van der Waals surface area contributed by atoms with Gasteiger partial charge in [-0.2, -0.15) is 0 Å². The maximum absolute atomic E-state index is 12.6. The van der Waals surface area contributed by atoms with Crippen LogP contribution in [0.5, 0.6) is 0 Å². The molecule has 1 fully saturated rings. The molecule has 2 aromatic carbocycles. The summed E-state index contributed by atoms with van der Waals surface area (Å²) in [5.74, 6) is -0.787. The normalized spacial score (nSPS) is 18.7. The van der Waals surface area contributed by atoms with E-state index in [4.69, 9.17) is 69.6 Å². The van der Waals surface area contributed by atoms with Gasteiger partial charge in [-0.15, -0.1) is 0 Å². The molecule has 3 rings (SSSR count). The molecule has 0 saturated heterocycles. The highest BCUT2D eigenvalue weighted by atomic mass is 35.5. The Morgan fingerprint density at radius 2 is 0.867 bits per heavy atom. The lowest BCUT2D eigenvalue weighted by atomic mass is 9.81. The fraction of sp³-hybridized carbons (Fsp3) is 0.300.